The lowest BCUT2D eigenvalue weighted by atomic mass is 10.1. The van der Waals surface area contributed by atoms with Crippen LogP contribution in [0.1, 0.15) is 16.7 Å². The molecule has 0 fully saturated rings. The number of fused-ring (bicyclic) bond motifs is 1. The summed E-state index contributed by atoms with van der Waals surface area (Å²) in [6.07, 6.45) is 0. The summed E-state index contributed by atoms with van der Waals surface area (Å²) in [5.41, 5.74) is 2.58. The average molecular weight is 431 g/mol. The topological polar surface area (TPSA) is 73.1 Å². The molecule has 1 heterocycles. The highest BCUT2D eigenvalue weighted by Crippen LogP contribution is 2.16. The minimum absolute atomic E-state index is 0.0263. The Kier molecular flexibility index (Phi) is 5.73. The van der Waals surface area contributed by atoms with Gasteiger partial charge in [-0.15, -0.1) is 0 Å². The normalized spacial score (nSPS) is 11.0. The lowest BCUT2D eigenvalue weighted by Gasteiger charge is -2.15. The van der Waals surface area contributed by atoms with Crippen LogP contribution < -0.4 is 16.6 Å². The number of nitrogens with one attached hydrogen (secondary N) is 1. The van der Waals surface area contributed by atoms with Crippen molar-refractivity contribution in [1.82, 2.24) is 9.13 Å². The third-order valence-electron chi connectivity index (χ3n) is 5.34. The number of aryl methyl sites for hydroxylation is 2. The van der Waals surface area contributed by atoms with Gasteiger partial charge in [-0.2, -0.15) is 0 Å². The quantitative estimate of drug-likeness (QED) is 0.525. The van der Waals surface area contributed by atoms with Crippen molar-refractivity contribution in [2.24, 2.45) is 0 Å². The number of anilines is 1. The molecule has 0 aliphatic rings. The van der Waals surface area contributed by atoms with E-state index >= 15 is 0 Å². The van der Waals surface area contributed by atoms with Gasteiger partial charge in [-0.05, 0) is 55.3 Å². The van der Waals surface area contributed by atoms with Crippen molar-refractivity contribution in [3.63, 3.8) is 0 Å². The van der Waals surface area contributed by atoms with Crippen molar-refractivity contribution in [1.29, 1.82) is 0 Å². The molecule has 0 saturated heterocycles. The molecular weight excluding hydrogens is 409 g/mol. The van der Waals surface area contributed by atoms with Crippen molar-refractivity contribution in [2.45, 2.75) is 26.9 Å². The van der Waals surface area contributed by atoms with Crippen LogP contribution in [0.25, 0.3) is 10.9 Å². The molecule has 162 valence electrons. The number of carbonyl (C=O) groups excluding carboxylic acids is 1. The van der Waals surface area contributed by atoms with E-state index in [2.05, 4.69) is 5.32 Å². The van der Waals surface area contributed by atoms with E-state index in [9.17, 15) is 18.8 Å². The molecule has 0 aliphatic carbocycles. The van der Waals surface area contributed by atoms with E-state index in [0.29, 0.717) is 22.2 Å². The molecule has 0 spiro atoms. The van der Waals surface area contributed by atoms with Gasteiger partial charge in [0.05, 0.1) is 17.4 Å². The molecule has 7 heteroatoms. The molecule has 4 rings (SSSR count). The van der Waals surface area contributed by atoms with E-state index in [-0.39, 0.29) is 19.0 Å². The third kappa shape index (κ3) is 4.23. The Bertz CT molecular complexity index is 1440. The number of nitrogens with zero attached hydrogens (tertiary/aromatic N) is 2. The minimum Gasteiger partial charge on any atom is -0.324 e. The largest absolute Gasteiger partial charge is 0.332 e. The van der Waals surface area contributed by atoms with Crippen LogP contribution in [0.15, 0.2) is 76.3 Å². The zero-order chi connectivity index (χ0) is 22.8. The Balaban J connectivity index is 1.74. The molecule has 0 radical (unpaired) electrons. The number of hydrogen-bond donors (Lipinski definition) is 1. The first-order valence-electron chi connectivity index (χ1n) is 10.2. The molecule has 3 aromatic carbocycles. The Morgan fingerprint density at radius 2 is 1.66 bits per heavy atom. The first kappa shape index (κ1) is 21.2. The molecule has 0 unspecified atom stereocenters. The molecule has 1 aromatic heterocycles. The fourth-order valence-electron chi connectivity index (χ4n) is 3.72. The second-order valence-corrected chi connectivity index (χ2v) is 7.77. The number of amides is 1. The van der Waals surface area contributed by atoms with Gasteiger partial charge in [-0.3, -0.25) is 18.7 Å². The maximum Gasteiger partial charge on any atom is 0.332 e. The van der Waals surface area contributed by atoms with Gasteiger partial charge in [0.2, 0.25) is 5.91 Å². The monoisotopic (exact) mass is 431 g/mol. The lowest BCUT2D eigenvalue weighted by molar-refractivity contribution is -0.116. The molecule has 0 atom stereocenters. The van der Waals surface area contributed by atoms with Crippen molar-refractivity contribution in [3.8, 4) is 0 Å². The molecule has 1 amide bonds. The van der Waals surface area contributed by atoms with Gasteiger partial charge in [-0.25, -0.2) is 9.18 Å². The standard InChI is InChI=1S/C25H22FN3O3/c1-16-7-12-21(17(2)13-16)27-23(30)15-28-22-6-4-3-5-20(22)24(31)29(25(28)32)14-18-8-10-19(26)11-9-18/h3-13H,14-15H2,1-2H3,(H,27,30). The summed E-state index contributed by atoms with van der Waals surface area (Å²) in [5.74, 6) is -0.781. The Labute approximate surface area is 183 Å². The summed E-state index contributed by atoms with van der Waals surface area (Å²) in [6.45, 7) is 3.58. The van der Waals surface area contributed by atoms with Crippen LogP contribution in [0.4, 0.5) is 10.1 Å². The molecule has 1 N–H and O–H groups in total. The molecule has 0 bridgehead atoms. The van der Waals surface area contributed by atoms with Crippen molar-refractivity contribution >= 4 is 22.5 Å². The highest BCUT2D eigenvalue weighted by Gasteiger charge is 2.16. The van der Waals surface area contributed by atoms with Gasteiger partial charge in [0.1, 0.15) is 12.4 Å². The summed E-state index contributed by atoms with van der Waals surface area (Å²) >= 11 is 0. The summed E-state index contributed by atoms with van der Waals surface area (Å²) < 4.78 is 15.6. The van der Waals surface area contributed by atoms with Crippen molar-refractivity contribution in [2.75, 3.05) is 5.32 Å². The second kappa shape index (κ2) is 8.63. The first-order valence-corrected chi connectivity index (χ1v) is 10.2. The molecule has 0 aliphatic heterocycles. The molecule has 32 heavy (non-hydrogen) atoms. The number of rotatable bonds is 5. The van der Waals surface area contributed by atoms with Crippen LogP contribution in [0.2, 0.25) is 0 Å². The maximum absolute atomic E-state index is 13.3. The van der Waals surface area contributed by atoms with E-state index < -0.39 is 17.1 Å². The Hall–Kier alpha value is -4.00. The van der Waals surface area contributed by atoms with Gasteiger partial charge in [-0.1, -0.05) is 42.0 Å². The lowest BCUT2D eigenvalue weighted by Crippen LogP contribution is -2.42. The van der Waals surface area contributed by atoms with E-state index in [1.807, 2.05) is 32.0 Å². The predicted octanol–water partition coefficient (Wildman–Crippen LogP) is 3.61. The van der Waals surface area contributed by atoms with Crippen LogP contribution in [0, 0.1) is 19.7 Å². The van der Waals surface area contributed by atoms with Crippen LogP contribution in [-0.2, 0) is 17.9 Å². The van der Waals surface area contributed by atoms with Crippen LogP contribution in [-0.4, -0.2) is 15.0 Å². The molecule has 0 saturated carbocycles. The third-order valence-corrected chi connectivity index (χ3v) is 5.34. The number of benzene rings is 3. The highest BCUT2D eigenvalue weighted by molar-refractivity contribution is 5.92. The van der Waals surface area contributed by atoms with E-state index in [1.54, 1.807) is 24.3 Å². The van der Waals surface area contributed by atoms with Crippen molar-refractivity contribution < 1.29 is 9.18 Å². The first-order chi connectivity index (χ1) is 15.3. The van der Waals surface area contributed by atoms with E-state index in [4.69, 9.17) is 0 Å². The number of halogens is 1. The molecular formula is C25H22FN3O3. The molecule has 6 nitrogen and oxygen atoms in total. The van der Waals surface area contributed by atoms with Crippen LogP contribution >= 0.6 is 0 Å². The fraction of sp³-hybridized carbons (Fsp3) is 0.160. The van der Waals surface area contributed by atoms with Crippen LogP contribution in [0.5, 0.6) is 0 Å². The van der Waals surface area contributed by atoms with Crippen molar-refractivity contribution in [3.05, 3.63) is 110 Å². The fourth-order valence-corrected chi connectivity index (χ4v) is 3.72. The number of aromatic nitrogens is 2. The zero-order valence-electron chi connectivity index (χ0n) is 17.8. The summed E-state index contributed by atoms with van der Waals surface area (Å²) in [7, 11) is 0. The van der Waals surface area contributed by atoms with E-state index in [0.717, 1.165) is 15.7 Å². The summed E-state index contributed by atoms with van der Waals surface area (Å²) in [5, 5.41) is 3.17. The van der Waals surface area contributed by atoms with Crippen LogP contribution in [0.3, 0.4) is 0 Å². The van der Waals surface area contributed by atoms with Gasteiger partial charge >= 0.3 is 5.69 Å². The van der Waals surface area contributed by atoms with Gasteiger partial charge in [0, 0.05) is 5.69 Å². The smallest absolute Gasteiger partial charge is 0.324 e. The highest BCUT2D eigenvalue weighted by atomic mass is 19.1. The average Bonchev–Trinajstić information content (AvgIpc) is 2.77. The van der Waals surface area contributed by atoms with Gasteiger partial charge in [0.15, 0.2) is 0 Å². The van der Waals surface area contributed by atoms with E-state index in [1.165, 1.54) is 28.8 Å². The summed E-state index contributed by atoms with van der Waals surface area (Å²) in [4.78, 5) is 39.1. The number of para-hydroxylation sites is 1. The zero-order valence-corrected chi connectivity index (χ0v) is 17.8. The molecule has 4 aromatic rings. The maximum atomic E-state index is 13.3. The second-order valence-electron chi connectivity index (χ2n) is 7.77. The van der Waals surface area contributed by atoms with Gasteiger partial charge < -0.3 is 5.32 Å². The number of hydrogen-bond acceptors (Lipinski definition) is 3. The Morgan fingerprint density at radius 1 is 0.938 bits per heavy atom. The SMILES string of the molecule is Cc1ccc(NC(=O)Cn2c(=O)n(Cc3ccc(F)cc3)c(=O)c3ccccc32)c(C)c1. The Morgan fingerprint density at radius 3 is 2.38 bits per heavy atom. The summed E-state index contributed by atoms with van der Waals surface area (Å²) in [6, 6.07) is 17.9. The minimum atomic E-state index is -0.603. The predicted molar refractivity (Wildman–Crippen MR) is 123 cm³/mol. The van der Waals surface area contributed by atoms with Gasteiger partial charge in [0.25, 0.3) is 5.56 Å². The number of carbonyl (C=O) groups is 1.